The number of ether oxygens (including phenoxy) is 1. The van der Waals surface area contributed by atoms with Gasteiger partial charge in [0, 0.05) is 30.4 Å². The number of benzene rings is 1. The molecule has 152 valence electrons. The van der Waals surface area contributed by atoms with Gasteiger partial charge in [-0.25, -0.2) is 9.97 Å². The normalized spacial score (nSPS) is 14.2. The van der Waals surface area contributed by atoms with Crippen LogP contribution < -0.4 is 10.2 Å². The van der Waals surface area contributed by atoms with Crippen molar-refractivity contribution in [1.82, 2.24) is 15.0 Å². The third-order valence-corrected chi connectivity index (χ3v) is 6.71. The maximum absolute atomic E-state index is 12.5. The molecule has 1 N–H and O–H groups in total. The highest BCUT2D eigenvalue weighted by Crippen LogP contribution is 2.31. The minimum absolute atomic E-state index is 0.0925. The number of fused-ring (bicyclic) bond motifs is 1. The van der Waals surface area contributed by atoms with Gasteiger partial charge in [-0.2, -0.15) is 0 Å². The van der Waals surface area contributed by atoms with Crippen LogP contribution in [-0.2, 0) is 16.0 Å². The molecule has 4 heterocycles. The van der Waals surface area contributed by atoms with Gasteiger partial charge in [0.1, 0.15) is 5.01 Å². The lowest BCUT2D eigenvalue weighted by Crippen LogP contribution is -2.36. The number of hydrogen-bond acceptors (Lipinski definition) is 8. The number of morpholine rings is 1. The van der Waals surface area contributed by atoms with Crippen molar-refractivity contribution < 1.29 is 9.53 Å². The van der Waals surface area contributed by atoms with E-state index in [0.717, 1.165) is 63.7 Å². The summed E-state index contributed by atoms with van der Waals surface area (Å²) in [6.45, 7) is 3.18. The van der Waals surface area contributed by atoms with Crippen LogP contribution in [-0.4, -0.2) is 47.2 Å². The third-order valence-electron chi connectivity index (χ3n) is 4.72. The van der Waals surface area contributed by atoms with Crippen LogP contribution in [0.1, 0.15) is 5.69 Å². The zero-order valence-electron chi connectivity index (χ0n) is 16.1. The molecule has 1 aliphatic heterocycles. The molecule has 1 aromatic carbocycles. The molecule has 0 bridgehead atoms. The van der Waals surface area contributed by atoms with Gasteiger partial charge in [-0.1, -0.05) is 17.4 Å². The second-order valence-electron chi connectivity index (χ2n) is 6.86. The summed E-state index contributed by atoms with van der Waals surface area (Å²) in [7, 11) is 0. The van der Waals surface area contributed by atoms with Crippen LogP contribution in [0.5, 0.6) is 0 Å². The van der Waals surface area contributed by atoms with Crippen molar-refractivity contribution in [3.8, 4) is 10.7 Å². The molecule has 0 radical (unpaired) electrons. The van der Waals surface area contributed by atoms with Gasteiger partial charge in [-0.15, -0.1) is 11.3 Å². The number of carbonyl (C=O) groups excluding carboxylic acids is 1. The Bertz CT molecular complexity index is 1170. The third kappa shape index (κ3) is 4.18. The van der Waals surface area contributed by atoms with Crippen LogP contribution in [0.25, 0.3) is 20.9 Å². The first-order valence-electron chi connectivity index (χ1n) is 9.63. The van der Waals surface area contributed by atoms with E-state index in [-0.39, 0.29) is 12.3 Å². The Balaban J connectivity index is 1.26. The molecule has 1 saturated heterocycles. The van der Waals surface area contributed by atoms with Gasteiger partial charge < -0.3 is 15.0 Å². The molecule has 9 heteroatoms. The fourth-order valence-corrected chi connectivity index (χ4v) is 5.10. The first kappa shape index (κ1) is 19.1. The average Bonchev–Trinajstić information content (AvgIpc) is 3.42. The Hall–Kier alpha value is -2.88. The second kappa shape index (κ2) is 8.47. The highest BCUT2D eigenvalue weighted by atomic mass is 32.1. The van der Waals surface area contributed by atoms with Gasteiger partial charge >= 0.3 is 0 Å². The molecule has 0 unspecified atom stereocenters. The van der Waals surface area contributed by atoms with E-state index in [4.69, 9.17) is 9.72 Å². The van der Waals surface area contributed by atoms with Crippen LogP contribution in [0.3, 0.4) is 0 Å². The molecule has 1 aliphatic rings. The zero-order chi connectivity index (χ0) is 20.3. The number of nitrogens with one attached hydrogen (secondary N) is 1. The van der Waals surface area contributed by atoms with Crippen LogP contribution in [0, 0.1) is 0 Å². The molecule has 4 aromatic rings. The van der Waals surface area contributed by atoms with Gasteiger partial charge in [0.25, 0.3) is 0 Å². The lowest BCUT2D eigenvalue weighted by atomic mass is 10.2. The number of thiazole rings is 2. The topological polar surface area (TPSA) is 80.2 Å². The summed E-state index contributed by atoms with van der Waals surface area (Å²) in [5, 5.41) is 6.70. The van der Waals surface area contributed by atoms with Gasteiger partial charge in [0.05, 0.1) is 41.2 Å². The number of aromatic nitrogens is 3. The predicted octanol–water partition coefficient (Wildman–Crippen LogP) is 3.83. The van der Waals surface area contributed by atoms with Gasteiger partial charge in [-0.3, -0.25) is 9.78 Å². The maximum Gasteiger partial charge on any atom is 0.230 e. The van der Waals surface area contributed by atoms with E-state index in [0.29, 0.717) is 0 Å². The summed E-state index contributed by atoms with van der Waals surface area (Å²) < 4.78 is 6.47. The van der Waals surface area contributed by atoms with Crippen molar-refractivity contribution in [3.63, 3.8) is 0 Å². The van der Waals surface area contributed by atoms with Crippen molar-refractivity contribution in [2.75, 3.05) is 36.5 Å². The molecular weight excluding hydrogens is 418 g/mol. The molecule has 0 atom stereocenters. The van der Waals surface area contributed by atoms with Crippen LogP contribution >= 0.6 is 22.7 Å². The van der Waals surface area contributed by atoms with Crippen molar-refractivity contribution >= 4 is 49.6 Å². The maximum atomic E-state index is 12.5. The first-order chi connectivity index (χ1) is 14.7. The van der Waals surface area contributed by atoms with Crippen LogP contribution in [0.4, 0.5) is 10.8 Å². The standard InChI is InChI=1S/C21H19N5O2S2/c27-19(12-15-13-29-20(24-15)17-3-1-2-6-22-17)23-14-4-5-16-18(11-14)30-21(25-16)26-7-9-28-10-8-26/h1-6,11,13H,7-10,12H2,(H,23,27). The summed E-state index contributed by atoms with van der Waals surface area (Å²) in [6.07, 6.45) is 1.96. The lowest BCUT2D eigenvalue weighted by Gasteiger charge is -2.25. The van der Waals surface area contributed by atoms with E-state index in [9.17, 15) is 4.79 Å². The molecule has 0 saturated carbocycles. The van der Waals surface area contributed by atoms with E-state index in [2.05, 4.69) is 20.2 Å². The summed E-state index contributed by atoms with van der Waals surface area (Å²) in [5.41, 5.74) is 3.27. The summed E-state index contributed by atoms with van der Waals surface area (Å²) >= 11 is 3.14. The molecule has 7 nitrogen and oxygen atoms in total. The quantitative estimate of drug-likeness (QED) is 0.511. The largest absolute Gasteiger partial charge is 0.378 e. The van der Waals surface area contributed by atoms with E-state index in [1.165, 1.54) is 11.3 Å². The van der Waals surface area contributed by atoms with E-state index in [1.807, 2.05) is 41.8 Å². The summed E-state index contributed by atoms with van der Waals surface area (Å²) in [4.78, 5) is 28.3. The Morgan fingerprint density at radius 1 is 1.17 bits per heavy atom. The van der Waals surface area contributed by atoms with Crippen molar-refractivity contribution in [2.45, 2.75) is 6.42 Å². The van der Waals surface area contributed by atoms with Gasteiger partial charge in [0.2, 0.25) is 5.91 Å². The Kier molecular flexibility index (Phi) is 5.39. The number of pyridine rings is 1. The Morgan fingerprint density at radius 3 is 2.90 bits per heavy atom. The molecule has 0 aliphatic carbocycles. The van der Waals surface area contributed by atoms with E-state index >= 15 is 0 Å². The monoisotopic (exact) mass is 437 g/mol. The second-order valence-corrected chi connectivity index (χ2v) is 8.73. The van der Waals surface area contributed by atoms with E-state index < -0.39 is 0 Å². The number of amides is 1. The molecule has 0 spiro atoms. The average molecular weight is 438 g/mol. The molecule has 1 amide bonds. The molecular formula is C21H19N5O2S2. The highest BCUT2D eigenvalue weighted by Gasteiger charge is 2.16. The number of carbonyl (C=O) groups is 1. The van der Waals surface area contributed by atoms with Crippen molar-refractivity contribution in [3.05, 3.63) is 53.7 Å². The minimum Gasteiger partial charge on any atom is -0.378 e. The Morgan fingerprint density at radius 2 is 2.07 bits per heavy atom. The smallest absolute Gasteiger partial charge is 0.230 e. The number of nitrogens with zero attached hydrogens (tertiary/aromatic N) is 4. The first-order valence-corrected chi connectivity index (χ1v) is 11.3. The van der Waals surface area contributed by atoms with Crippen LogP contribution in [0.15, 0.2) is 48.0 Å². The molecule has 3 aromatic heterocycles. The van der Waals surface area contributed by atoms with E-state index in [1.54, 1.807) is 17.5 Å². The molecule has 5 rings (SSSR count). The molecule has 1 fully saturated rings. The molecule has 30 heavy (non-hydrogen) atoms. The van der Waals surface area contributed by atoms with Crippen molar-refractivity contribution in [2.24, 2.45) is 0 Å². The number of rotatable bonds is 5. The number of hydrogen-bond donors (Lipinski definition) is 1. The zero-order valence-corrected chi connectivity index (χ0v) is 17.7. The fourth-order valence-electron chi connectivity index (χ4n) is 3.24. The predicted molar refractivity (Wildman–Crippen MR) is 120 cm³/mol. The van der Waals surface area contributed by atoms with Crippen LogP contribution in [0.2, 0.25) is 0 Å². The van der Waals surface area contributed by atoms with Crippen molar-refractivity contribution in [1.29, 1.82) is 0 Å². The summed E-state index contributed by atoms with van der Waals surface area (Å²) in [5.74, 6) is -0.0925. The fraction of sp³-hybridized carbons (Fsp3) is 0.238. The SMILES string of the molecule is O=C(Cc1csc(-c2ccccn2)n1)Nc1ccc2nc(N3CCOCC3)sc2c1. The van der Waals surface area contributed by atoms with Gasteiger partial charge in [0.15, 0.2) is 5.13 Å². The highest BCUT2D eigenvalue weighted by molar-refractivity contribution is 7.22. The van der Waals surface area contributed by atoms with Gasteiger partial charge in [-0.05, 0) is 30.3 Å². The summed E-state index contributed by atoms with van der Waals surface area (Å²) in [6, 6.07) is 11.5. The Labute approximate surface area is 181 Å². The number of anilines is 2. The lowest BCUT2D eigenvalue weighted by molar-refractivity contribution is -0.115. The minimum atomic E-state index is -0.0925.